The highest BCUT2D eigenvalue weighted by atomic mass is 16.6. The molecule has 41 nitrogen and oxygen atoms in total. The molecule has 3 aromatic carbocycles. The number of ether oxygens (including phenoxy) is 7. The molecule has 4 aliphatic rings. The molecule has 144 heavy (non-hydrogen) atoms. The van der Waals surface area contributed by atoms with Crippen LogP contribution in [0.4, 0.5) is 24.9 Å². The Hall–Kier alpha value is -13.0. The highest BCUT2D eigenvalue weighted by Crippen LogP contribution is 2.42. The van der Waals surface area contributed by atoms with Gasteiger partial charge in [0, 0.05) is 135 Å². The van der Waals surface area contributed by atoms with E-state index in [4.69, 9.17) is 43.9 Å². The smallest absolute Gasteiger partial charge is 0.415 e. The lowest BCUT2D eigenvalue weighted by molar-refractivity contribution is -0.172. The first-order valence-electron chi connectivity index (χ1n) is 49.7. The van der Waals surface area contributed by atoms with Gasteiger partial charge in [-0.2, -0.15) is 0 Å². The second-order valence-corrected chi connectivity index (χ2v) is 38.6. The summed E-state index contributed by atoms with van der Waals surface area (Å²) >= 11 is 0. The number of primary amides is 1. The predicted molar refractivity (Wildman–Crippen MR) is 534 cm³/mol. The van der Waals surface area contributed by atoms with Crippen LogP contribution in [0, 0.1) is 29.6 Å². The molecule has 1 fully saturated rings. The van der Waals surface area contributed by atoms with Gasteiger partial charge in [0.2, 0.25) is 47.3 Å². The molecule has 15 amide bonds. The third kappa shape index (κ3) is 30.3. The van der Waals surface area contributed by atoms with Crippen molar-refractivity contribution in [1.29, 1.82) is 0 Å². The van der Waals surface area contributed by atoms with Crippen molar-refractivity contribution in [2.75, 3.05) is 127 Å². The quantitative estimate of drug-likeness (QED) is 0.00821. The molecule has 4 aliphatic heterocycles. The number of likely N-dealkylation sites (N-methyl/N-ethyl adjacent to an activating group) is 4. The molecule has 10 N–H and O–H groups in total. The zero-order chi connectivity index (χ0) is 106. The number of carbonyl (C=O) groups is 15. The van der Waals surface area contributed by atoms with E-state index in [1.165, 1.54) is 53.0 Å². The van der Waals surface area contributed by atoms with E-state index in [1.807, 2.05) is 39.8 Å². The fourth-order valence-electron chi connectivity index (χ4n) is 18.3. The van der Waals surface area contributed by atoms with Gasteiger partial charge in [-0.1, -0.05) is 131 Å². The Balaban J connectivity index is 0.810. The molecule has 2 aromatic heterocycles. The Morgan fingerprint density at radius 3 is 1.92 bits per heavy atom. The molecule has 41 heteroatoms. The fourth-order valence-corrected chi connectivity index (χ4v) is 18.3. The monoisotopic (exact) mass is 2010 g/mol. The molecule has 0 aliphatic carbocycles. The van der Waals surface area contributed by atoms with Crippen molar-refractivity contribution in [2.24, 2.45) is 35.3 Å². The van der Waals surface area contributed by atoms with E-state index in [9.17, 15) is 81.8 Å². The summed E-state index contributed by atoms with van der Waals surface area (Å²) < 4.78 is 42.1. The number of benzene rings is 3. The van der Waals surface area contributed by atoms with Crippen LogP contribution in [-0.4, -0.2) is 314 Å². The number of carbonyl (C=O) groups excluding carboxylic acids is 15. The lowest BCUT2D eigenvalue weighted by Gasteiger charge is -2.41. The zero-order valence-corrected chi connectivity index (χ0v) is 86.3. The summed E-state index contributed by atoms with van der Waals surface area (Å²) in [4.78, 5) is 235. The number of imide groups is 1. The number of urea groups is 1. The number of amides is 15. The van der Waals surface area contributed by atoms with Gasteiger partial charge in [-0.3, -0.25) is 57.6 Å². The number of likely N-dealkylation sites (tertiary alicyclic amines) is 1. The maximum Gasteiger partial charge on any atom is 0.415 e. The molecule has 788 valence electrons. The van der Waals surface area contributed by atoms with E-state index >= 15 is 0 Å². The van der Waals surface area contributed by atoms with Gasteiger partial charge >= 0.3 is 30.3 Å². The number of anilines is 1. The Kier molecular flexibility index (Phi) is 43.0. The van der Waals surface area contributed by atoms with E-state index < -0.39 is 149 Å². The lowest BCUT2D eigenvalue weighted by Crippen LogP contribution is -2.60. The summed E-state index contributed by atoms with van der Waals surface area (Å²) in [5, 5.41) is 31.8. The maximum atomic E-state index is 15.0. The minimum Gasteiger partial charge on any atom is -0.458 e. The van der Waals surface area contributed by atoms with E-state index in [-0.39, 0.29) is 169 Å². The third-order valence-electron chi connectivity index (χ3n) is 27.1. The van der Waals surface area contributed by atoms with Gasteiger partial charge in [0.25, 0.3) is 17.4 Å². The second kappa shape index (κ2) is 54.1. The number of aryl methyl sites for hydroxylation is 1. The SMILES string of the molecule is CCc1c2c(nc3ccc(OC(=O)N(CCOCCOC(=O)N(C)CCN(C)C)CCN(C)C(=O)OCc4ccc(NC(=O)[C@H](CCCNC(N)=O)NC(=O)[C@H](NC(=O)[C@H](Cc5ccccc5)NC(=O)[C@H](C)[C@@H](OC)[C@@H]5CCCN5C(=O)C[C@@H](OC)[C@H]([C@@H](C)CC)N(C)C(=O)[C@@H](NC(=O)[C@@H](NC(=O)CCCCCN5C(=O)C=CC5=O)C(C)C)C(C)C)C(C)C)cc4)cc13)-c1cc3c(c(=O)n1C2)COC(=O)[C@@]3(O)CC. The Morgan fingerprint density at radius 2 is 1.29 bits per heavy atom. The van der Waals surface area contributed by atoms with Crippen LogP contribution in [0.2, 0.25) is 0 Å². The first-order valence-corrected chi connectivity index (χ1v) is 49.7. The minimum atomic E-state index is -2.01. The van der Waals surface area contributed by atoms with Crippen LogP contribution in [0.3, 0.4) is 0 Å². The topological polar surface area (TPSA) is 509 Å². The zero-order valence-electron chi connectivity index (χ0n) is 86.3. The molecular weight excluding hydrogens is 1860 g/mol. The molecule has 1 saturated heterocycles. The summed E-state index contributed by atoms with van der Waals surface area (Å²) in [6, 6.07) is 13.7. The third-order valence-corrected chi connectivity index (χ3v) is 27.1. The molecule has 12 atom stereocenters. The molecule has 9 rings (SSSR count). The molecule has 0 spiro atoms. The highest BCUT2D eigenvalue weighted by molar-refractivity contribution is 6.13. The predicted octanol–water partition coefficient (Wildman–Crippen LogP) is 6.79. The average Bonchev–Trinajstić information content (AvgIpc) is 1.61. The van der Waals surface area contributed by atoms with Crippen LogP contribution in [0.1, 0.15) is 180 Å². The van der Waals surface area contributed by atoms with E-state index in [0.717, 1.165) is 16.0 Å². The number of hydrogen-bond donors (Lipinski definition) is 9. The van der Waals surface area contributed by atoms with Crippen molar-refractivity contribution in [3.05, 3.63) is 135 Å². The first-order chi connectivity index (χ1) is 68.5. The Bertz CT molecular complexity index is 5430. The van der Waals surface area contributed by atoms with E-state index in [2.05, 4.69) is 37.2 Å². The number of pyridine rings is 2. The van der Waals surface area contributed by atoms with Crippen molar-refractivity contribution >= 4 is 106 Å². The molecule has 0 radical (unpaired) electrons. The summed E-state index contributed by atoms with van der Waals surface area (Å²) in [6.07, 6.45) is 2.05. The van der Waals surface area contributed by atoms with E-state index in [0.29, 0.717) is 98.0 Å². The van der Waals surface area contributed by atoms with Crippen LogP contribution in [0.15, 0.2) is 95.8 Å². The van der Waals surface area contributed by atoms with Crippen LogP contribution in [0.5, 0.6) is 5.75 Å². The van der Waals surface area contributed by atoms with Crippen LogP contribution in [-0.2, 0) is 119 Å². The molecule has 0 bridgehead atoms. The normalized spacial score (nSPS) is 16.8. The first kappa shape index (κ1) is 115. The number of aromatic nitrogens is 2. The van der Waals surface area contributed by atoms with Crippen LogP contribution in [0.25, 0.3) is 22.3 Å². The standard InChI is InChI=1S/C103H147N17O24/c1-19-64(10)89(116(16)97(131)87(63(8)9)112-95(129)85(61(4)5)110-81(121)34-26-23-27-44-119-82(122)41-42-83(119)123)80(138-17)57-84(124)118-45-29-33-78(118)90(139-18)65(11)91(125)109-77(54-66-30-24-22-25-31-66)93(127)111-86(62(6)7)94(128)108-76(32-28-43-105-99(104)133)92(126)106-68-37-35-67(36-38-68)59-143-101(135)115(15)48-49-117(50-51-140-52-53-141-100(134)114(14)47-46-113(12)13)102(136)144-69-39-40-75-71(55-69)70(20-2)72-58-120-79(88(72)107-75)56-74-73(96(120)130)60-142-98(132)103(74,137)21-3/h22,24-25,30-31,35-42,55-56,61-65,76-78,80,85-87,89-90,137H,19-21,23,26-29,32-34,43-54,57-60H2,1-18H3,(H,106,126)(H,108,128)(H,109,125)(H,110,121)(H,111,127)(H,112,129)(H3,104,105,133)/t64-,65+,76-,77-,78-,80+,85-,86+,87-,89-,90+,103+/m0/s1. The molecular formula is C103H147N17O24. The molecule has 5 aromatic rings. The number of nitrogens with zero attached hydrogens (tertiary/aromatic N) is 9. The summed E-state index contributed by atoms with van der Waals surface area (Å²) in [7, 11) is 11.4. The van der Waals surface area contributed by atoms with Crippen molar-refractivity contribution in [1.82, 2.24) is 75.8 Å². The van der Waals surface area contributed by atoms with Gasteiger partial charge < -0.3 is 115 Å². The van der Waals surface area contributed by atoms with Crippen LogP contribution < -0.4 is 53.2 Å². The Labute approximate surface area is 841 Å². The van der Waals surface area contributed by atoms with Crippen molar-refractivity contribution in [2.45, 2.75) is 239 Å². The van der Waals surface area contributed by atoms with E-state index in [1.54, 1.807) is 158 Å². The van der Waals surface area contributed by atoms with Gasteiger partial charge in [0.15, 0.2) is 5.60 Å². The second-order valence-electron chi connectivity index (χ2n) is 38.6. The number of rotatable bonds is 54. The van der Waals surface area contributed by atoms with Crippen LogP contribution >= 0.6 is 0 Å². The largest absolute Gasteiger partial charge is 0.458 e. The summed E-state index contributed by atoms with van der Waals surface area (Å²) in [6.45, 7) is 20.6. The molecule has 0 saturated carbocycles. The van der Waals surface area contributed by atoms with Gasteiger partial charge in [-0.05, 0) is 142 Å². The number of cyclic esters (lactones) is 1. The van der Waals surface area contributed by atoms with Crippen molar-refractivity contribution in [3.63, 3.8) is 0 Å². The molecule has 0 unspecified atom stereocenters. The van der Waals surface area contributed by atoms with Gasteiger partial charge in [0.1, 0.15) is 55.8 Å². The highest BCUT2D eigenvalue weighted by Gasteiger charge is 2.48. The van der Waals surface area contributed by atoms with Gasteiger partial charge in [0.05, 0.1) is 78.9 Å². The number of unbranched alkanes of at least 4 members (excludes halogenated alkanes) is 2. The number of methoxy groups -OCH3 is 2. The lowest BCUT2D eigenvalue weighted by atomic mass is 9.86. The maximum absolute atomic E-state index is 15.0. The number of nitrogens with one attached hydrogen (secondary N) is 7. The number of nitrogens with two attached hydrogens (primary N) is 1. The van der Waals surface area contributed by atoms with Crippen molar-refractivity contribution in [3.8, 4) is 17.1 Å². The summed E-state index contributed by atoms with van der Waals surface area (Å²) in [5.41, 5.74) is 7.83. The number of esters is 1. The average molecular weight is 2010 g/mol. The van der Waals surface area contributed by atoms with Crippen molar-refractivity contribution < 1.29 is 110 Å². The molecule has 6 heterocycles. The van der Waals surface area contributed by atoms with Gasteiger partial charge in [-0.25, -0.2) is 29.0 Å². The summed E-state index contributed by atoms with van der Waals surface area (Å²) in [5.74, 6) is -8.56. The number of hydrogen-bond acceptors (Lipinski definition) is 26. The van der Waals surface area contributed by atoms with Gasteiger partial charge in [-0.15, -0.1) is 0 Å². The number of aliphatic hydroxyl groups is 1. The Morgan fingerprint density at radius 1 is 0.646 bits per heavy atom. The minimum absolute atomic E-state index is 0.00254. The fraction of sp³-hybridized carbons (Fsp3) is 0.583. The number of fused-ring (bicyclic) bond motifs is 5.